The number of carbonyl (C=O) groups is 1. The van der Waals surface area contributed by atoms with Crippen molar-refractivity contribution in [2.24, 2.45) is 0 Å². The van der Waals surface area contributed by atoms with Crippen LogP contribution in [0.2, 0.25) is 0 Å². The Morgan fingerprint density at radius 1 is 1.29 bits per heavy atom. The van der Waals surface area contributed by atoms with Crippen molar-refractivity contribution >= 4 is 5.91 Å². The van der Waals surface area contributed by atoms with Gasteiger partial charge >= 0.3 is 0 Å². The van der Waals surface area contributed by atoms with Crippen molar-refractivity contribution in [3.05, 3.63) is 59.9 Å². The monoisotopic (exact) mass is 284 g/mol. The third kappa shape index (κ3) is 4.60. The molecule has 0 fully saturated rings. The quantitative estimate of drug-likeness (QED) is 0.886. The molecule has 4 heteroatoms. The van der Waals surface area contributed by atoms with Gasteiger partial charge in [-0.05, 0) is 49.2 Å². The van der Waals surface area contributed by atoms with Crippen LogP contribution in [-0.4, -0.2) is 17.0 Å². The molecule has 1 amide bonds. The molecule has 21 heavy (non-hydrogen) atoms. The fraction of sp³-hybridized carbons (Fsp3) is 0.294. The molecule has 1 aromatic heterocycles. The molecule has 0 aliphatic rings. The summed E-state index contributed by atoms with van der Waals surface area (Å²) in [5.74, 6) is 0.683. The van der Waals surface area contributed by atoms with Crippen LogP contribution in [-0.2, 0) is 6.54 Å². The molecule has 1 aromatic carbocycles. The Labute approximate surface area is 125 Å². The summed E-state index contributed by atoms with van der Waals surface area (Å²) < 4.78 is 5.69. The van der Waals surface area contributed by atoms with E-state index in [1.54, 1.807) is 24.5 Å². The second kappa shape index (κ2) is 7.43. The molecule has 110 valence electrons. The van der Waals surface area contributed by atoms with Crippen LogP contribution in [0.4, 0.5) is 0 Å². The summed E-state index contributed by atoms with van der Waals surface area (Å²) in [5, 5.41) is 2.87. The van der Waals surface area contributed by atoms with E-state index >= 15 is 0 Å². The normalized spacial score (nSPS) is 11.7. The van der Waals surface area contributed by atoms with Gasteiger partial charge in [0, 0.05) is 24.5 Å². The zero-order chi connectivity index (χ0) is 15.1. The molecular weight excluding hydrogens is 264 g/mol. The summed E-state index contributed by atoms with van der Waals surface area (Å²) in [6, 6.07) is 11.0. The number of ether oxygens (including phenoxy) is 1. The summed E-state index contributed by atoms with van der Waals surface area (Å²) in [6.45, 7) is 4.57. The maximum atomic E-state index is 12.0. The van der Waals surface area contributed by atoms with E-state index in [2.05, 4.69) is 17.2 Å². The van der Waals surface area contributed by atoms with Crippen molar-refractivity contribution in [3.8, 4) is 5.75 Å². The Morgan fingerprint density at radius 3 is 2.67 bits per heavy atom. The van der Waals surface area contributed by atoms with E-state index < -0.39 is 0 Å². The van der Waals surface area contributed by atoms with Gasteiger partial charge in [-0.1, -0.05) is 13.0 Å². The van der Waals surface area contributed by atoms with Crippen LogP contribution in [0.1, 0.15) is 36.2 Å². The lowest BCUT2D eigenvalue weighted by Crippen LogP contribution is -2.22. The van der Waals surface area contributed by atoms with E-state index in [1.165, 1.54) is 0 Å². The Morgan fingerprint density at radius 2 is 2.05 bits per heavy atom. The minimum absolute atomic E-state index is 0.103. The van der Waals surface area contributed by atoms with Crippen LogP contribution >= 0.6 is 0 Å². The smallest absolute Gasteiger partial charge is 0.251 e. The molecule has 2 rings (SSSR count). The maximum absolute atomic E-state index is 12.0. The molecule has 0 aliphatic carbocycles. The van der Waals surface area contributed by atoms with Crippen LogP contribution in [0.5, 0.6) is 5.75 Å². The van der Waals surface area contributed by atoms with Crippen molar-refractivity contribution in [3.63, 3.8) is 0 Å². The predicted octanol–water partition coefficient (Wildman–Crippen LogP) is 3.19. The number of hydrogen-bond donors (Lipinski definition) is 1. The average Bonchev–Trinajstić information content (AvgIpc) is 2.54. The van der Waals surface area contributed by atoms with Gasteiger partial charge < -0.3 is 10.1 Å². The molecule has 0 saturated heterocycles. The molecule has 0 aliphatic heterocycles. The van der Waals surface area contributed by atoms with E-state index in [1.807, 2.05) is 31.2 Å². The molecule has 0 saturated carbocycles. The van der Waals surface area contributed by atoms with Gasteiger partial charge in [-0.3, -0.25) is 9.78 Å². The lowest BCUT2D eigenvalue weighted by molar-refractivity contribution is 0.0951. The van der Waals surface area contributed by atoms with E-state index in [4.69, 9.17) is 4.74 Å². The van der Waals surface area contributed by atoms with Crippen LogP contribution in [0, 0.1) is 0 Å². The van der Waals surface area contributed by atoms with Crippen molar-refractivity contribution in [2.75, 3.05) is 0 Å². The number of hydrogen-bond acceptors (Lipinski definition) is 3. The van der Waals surface area contributed by atoms with Gasteiger partial charge in [0.2, 0.25) is 0 Å². The Bertz CT molecular complexity index is 567. The highest BCUT2D eigenvalue weighted by atomic mass is 16.5. The molecular formula is C17H20N2O2. The molecule has 1 heterocycles. The van der Waals surface area contributed by atoms with E-state index in [0.717, 1.165) is 17.7 Å². The Balaban J connectivity index is 1.90. The van der Waals surface area contributed by atoms with Gasteiger partial charge in [0.15, 0.2) is 0 Å². The number of nitrogens with zero attached hydrogens (tertiary/aromatic N) is 1. The van der Waals surface area contributed by atoms with E-state index in [-0.39, 0.29) is 12.0 Å². The third-order valence-electron chi connectivity index (χ3n) is 3.20. The van der Waals surface area contributed by atoms with Crippen molar-refractivity contribution < 1.29 is 9.53 Å². The van der Waals surface area contributed by atoms with Crippen LogP contribution in [0.15, 0.2) is 48.8 Å². The minimum atomic E-state index is -0.103. The Kier molecular flexibility index (Phi) is 5.32. The standard InChI is InChI=1S/C17H20N2O2/c1-3-13(2)21-16-8-6-15(7-9-16)17(20)19-12-14-5-4-10-18-11-14/h4-11,13H,3,12H2,1-2H3,(H,19,20). The second-order valence-electron chi connectivity index (χ2n) is 4.91. The highest BCUT2D eigenvalue weighted by Gasteiger charge is 2.06. The lowest BCUT2D eigenvalue weighted by atomic mass is 10.2. The third-order valence-corrected chi connectivity index (χ3v) is 3.20. The van der Waals surface area contributed by atoms with Gasteiger partial charge in [0.05, 0.1) is 6.10 Å². The fourth-order valence-corrected chi connectivity index (χ4v) is 1.79. The summed E-state index contributed by atoms with van der Waals surface area (Å²) in [4.78, 5) is 16.1. The predicted molar refractivity (Wildman–Crippen MR) is 82.2 cm³/mol. The van der Waals surface area contributed by atoms with Crippen molar-refractivity contribution in [1.29, 1.82) is 0 Å². The largest absolute Gasteiger partial charge is 0.491 e. The highest BCUT2D eigenvalue weighted by Crippen LogP contribution is 2.15. The SMILES string of the molecule is CCC(C)Oc1ccc(C(=O)NCc2cccnc2)cc1. The lowest BCUT2D eigenvalue weighted by Gasteiger charge is -2.12. The molecule has 4 nitrogen and oxygen atoms in total. The first-order valence-electron chi connectivity index (χ1n) is 7.13. The summed E-state index contributed by atoms with van der Waals surface area (Å²) in [7, 11) is 0. The van der Waals surface area contributed by atoms with Crippen LogP contribution in [0.25, 0.3) is 0 Å². The summed E-state index contributed by atoms with van der Waals surface area (Å²) in [6.07, 6.45) is 4.58. The first kappa shape index (κ1) is 15.0. The number of aromatic nitrogens is 1. The first-order valence-corrected chi connectivity index (χ1v) is 7.13. The summed E-state index contributed by atoms with van der Waals surface area (Å²) >= 11 is 0. The number of amides is 1. The van der Waals surface area contributed by atoms with Crippen LogP contribution < -0.4 is 10.1 Å². The molecule has 0 radical (unpaired) electrons. The minimum Gasteiger partial charge on any atom is -0.491 e. The second-order valence-corrected chi connectivity index (χ2v) is 4.91. The van der Waals surface area contributed by atoms with Crippen LogP contribution in [0.3, 0.4) is 0 Å². The Hall–Kier alpha value is -2.36. The van der Waals surface area contributed by atoms with E-state index in [9.17, 15) is 4.79 Å². The number of carbonyl (C=O) groups excluding carboxylic acids is 1. The fourth-order valence-electron chi connectivity index (χ4n) is 1.79. The van der Waals surface area contributed by atoms with Crippen molar-refractivity contribution in [2.45, 2.75) is 32.9 Å². The zero-order valence-corrected chi connectivity index (χ0v) is 12.4. The number of rotatable bonds is 6. The van der Waals surface area contributed by atoms with Gasteiger partial charge in [-0.15, -0.1) is 0 Å². The molecule has 1 atom stereocenters. The topological polar surface area (TPSA) is 51.2 Å². The molecule has 1 unspecified atom stereocenters. The number of pyridine rings is 1. The van der Waals surface area contributed by atoms with Crippen molar-refractivity contribution in [1.82, 2.24) is 10.3 Å². The zero-order valence-electron chi connectivity index (χ0n) is 12.4. The van der Waals surface area contributed by atoms with Gasteiger partial charge in [-0.25, -0.2) is 0 Å². The number of benzene rings is 1. The summed E-state index contributed by atoms with van der Waals surface area (Å²) in [5.41, 5.74) is 1.60. The van der Waals surface area contributed by atoms with Gasteiger partial charge in [0.1, 0.15) is 5.75 Å². The van der Waals surface area contributed by atoms with Gasteiger partial charge in [0.25, 0.3) is 5.91 Å². The average molecular weight is 284 g/mol. The molecule has 0 bridgehead atoms. The maximum Gasteiger partial charge on any atom is 0.251 e. The molecule has 2 aromatic rings. The highest BCUT2D eigenvalue weighted by molar-refractivity contribution is 5.94. The molecule has 0 spiro atoms. The number of nitrogens with one attached hydrogen (secondary N) is 1. The molecule has 1 N–H and O–H groups in total. The van der Waals surface area contributed by atoms with E-state index in [0.29, 0.717) is 12.1 Å². The van der Waals surface area contributed by atoms with Gasteiger partial charge in [-0.2, -0.15) is 0 Å². The first-order chi connectivity index (χ1) is 10.2.